The molecule has 0 fully saturated rings. The predicted octanol–water partition coefficient (Wildman–Crippen LogP) is 1.29. The number of carboxylic acid groups (broad SMARTS) is 1. The molecule has 0 atom stereocenters. The lowest BCUT2D eigenvalue weighted by Crippen LogP contribution is -2.26. The molecule has 1 aromatic rings. The van der Waals surface area contributed by atoms with Gasteiger partial charge in [-0.05, 0) is 20.8 Å². The molecule has 19 heavy (non-hydrogen) atoms. The Morgan fingerprint density at radius 3 is 2.63 bits per heavy atom. The second-order valence-corrected chi connectivity index (χ2v) is 5.20. The van der Waals surface area contributed by atoms with Gasteiger partial charge in [0.15, 0.2) is 0 Å². The van der Waals surface area contributed by atoms with Gasteiger partial charge in [-0.15, -0.1) is 11.3 Å². The summed E-state index contributed by atoms with van der Waals surface area (Å²) in [6.45, 7) is 4.68. The van der Waals surface area contributed by atoms with E-state index in [-0.39, 0.29) is 11.4 Å². The fourth-order valence-corrected chi connectivity index (χ4v) is 1.58. The number of hydrogen-bond donors (Lipinski definition) is 1. The first-order valence-electron chi connectivity index (χ1n) is 5.33. The highest BCUT2D eigenvalue weighted by molar-refractivity contribution is 7.07. The number of carbonyl (C=O) groups is 2. The van der Waals surface area contributed by atoms with Gasteiger partial charge in [0.2, 0.25) is 12.3 Å². The Morgan fingerprint density at radius 1 is 1.47 bits per heavy atom. The van der Waals surface area contributed by atoms with E-state index in [1.165, 1.54) is 22.2 Å². The third-order valence-corrected chi connectivity index (χ3v) is 2.22. The standard InChI is InChI=1S/C11H14N2O5S/c1-11(2,3)18-8(14)4-17-13-9(10(15)16)7-5-19-6-12-7/h5-6H,4H2,1-3H3,(H,15,16)/b13-9+. The van der Waals surface area contributed by atoms with Crippen LogP contribution < -0.4 is 0 Å². The SMILES string of the molecule is CC(C)(C)OC(=O)CO/N=C(/C(=O)O)c1cscn1. The summed E-state index contributed by atoms with van der Waals surface area (Å²) >= 11 is 1.23. The lowest BCUT2D eigenvalue weighted by atomic mass is 10.2. The number of ether oxygens (including phenoxy) is 1. The van der Waals surface area contributed by atoms with Gasteiger partial charge in [-0.2, -0.15) is 0 Å². The van der Waals surface area contributed by atoms with Crippen molar-refractivity contribution < 1.29 is 24.3 Å². The van der Waals surface area contributed by atoms with Crippen LogP contribution in [0.1, 0.15) is 26.5 Å². The topological polar surface area (TPSA) is 98.1 Å². The molecule has 0 bridgehead atoms. The van der Waals surface area contributed by atoms with Gasteiger partial charge < -0.3 is 14.7 Å². The molecule has 0 saturated heterocycles. The summed E-state index contributed by atoms with van der Waals surface area (Å²) in [4.78, 5) is 30.8. The normalized spacial score (nSPS) is 12.1. The zero-order chi connectivity index (χ0) is 14.5. The van der Waals surface area contributed by atoms with Crippen molar-refractivity contribution in [3.8, 4) is 0 Å². The highest BCUT2D eigenvalue weighted by Crippen LogP contribution is 2.07. The smallest absolute Gasteiger partial charge is 0.360 e. The Kier molecular flexibility index (Phi) is 4.99. The van der Waals surface area contributed by atoms with E-state index in [4.69, 9.17) is 9.84 Å². The quantitative estimate of drug-likeness (QED) is 0.497. The maximum atomic E-state index is 11.3. The van der Waals surface area contributed by atoms with E-state index in [1.807, 2.05) is 0 Å². The largest absolute Gasteiger partial charge is 0.476 e. The molecule has 0 aliphatic carbocycles. The maximum Gasteiger partial charge on any atom is 0.360 e. The van der Waals surface area contributed by atoms with E-state index < -0.39 is 24.1 Å². The number of thiazole rings is 1. The molecule has 0 aromatic carbocycles. The molecule has 0 aliphatic rings. The van der Waals surface area contributed by atoms with Crippen LogP contribution >= 0.6 is 11.3 Å². The van der Waals surface area contributed by atoms with Crippen molar-refractivity contribution in [3.05, 3.63) is 16.6 Å². The van der Waals surface area contributed by atoms with Crippen LogP contribution in [-0.4, -0.2) is 39.9 Å². The molecule has 1 rings (SSSR count). The van der Waals surface area contributed by atoms with Crippen LogP contribution in [-0.2, 0) is 19.2 Å². The third-order valence-electron chi connectivity index (χ3n) is 1.64. The zero-order valence-electron chi connectivity index (χ0n) is 10.7. The number of rotatable bonds is 5. The van der Waals surface area contributed by atoms with Crippen molar-refractivity contribution in [2.75, 3.05) is 6.61 Å². The molecular weight excluding hydrogens is 272 g/mol. The first-order chi connectivity index (χ1) is 8.79. The molecule has 0 spiro atoms. The Bertz CT molecular complexity index is 476. The second-order valence-electron chi connectivity index (χ2n) is 4.48. The monoisotopic (exact) mass is 286 g/mol. The first-order valence-corrected chi connectivity index (χ1v) is 6.27. The van der Waals surface area contributed by atoms with Crippen LogP contribution in [0.25, 0.3) is 0 Å². The molecule has 0 saturated carbocycles. The Labute approximate surface area is 113 Å². The summed E-state index contributed by atoms with van der Waals surface area (Å²) in [6, 6.07) is 0. The van der Waals surface area contributed by atoms with E-state index in [0.717, 1.165) is 0 Å². The molecule has 1 aromatic heterocycles. The summed E-state index contributed by atoms with van der Waals surface area (Å²) in [7, 11) is 0. The molecule has 8 heteroatoms. The molecule has 0 aliphatic heterocycles. The summed E-state index contributed by atoms with van der Waals surface area (Å²) in [6.07, 6.45) is 0. The van der Waals surface area contributed by atoms with Gasteiger partial charge in [0.1, 0.15) is 11.3 Å². The molecule has 0 unspecified atom stereocenters. The molecule has 1 N–H and O–H groups in total. The first kappa shape index (κ1) is 15.1. The number of carboxylic acids is 1. The van der Waals surface area contributed by atoms with Gasteiger partial charge in [-0.3, -0.25) is 0 Å². The van der Waals surface area contributed by atoms with Crippen molar-refractivity contribution in [1.82, 2.24) is 4.98 Å². The second kappa shape index (κ2) is 6.28. The Hall–Kier alpha value is -1.96. The molecule has 104 valence electrons. The number of oxime groups is 1. The van der Waals surface area contributed by atoms with Gasteiger partial charge >= 0.3 is 11.9 Å². The number of nitrogens with zero attached hydrogens (tertiary/aromatic N) is 2. The van der Waals surface area contributed by atoms with Crippen LogP contribution in [0.15, 0.2) is 16.0 Å². The number of esters is 1. The Morgan fingerprint density at radius 2 is 2.16 bits per heavy atom. The minimum atomic E-state index is -1.28. The molecular formula is C11H14N2O5S. The molecule has 1 heterocycles. The van der Waals surface area contributed by atoms with Crippen LogP contribution in [0.3, 0.4) is 0 Å². The third kappa shape index (κ3) is 5.47. The average Bonchev–Trinajstić information content (AvgIpc) is 2.74. The van der Waals surface area contributed by atoms with E-state index in [1.54, 1.807) is 20.8 Å². The van der Waals surface area contributed by atoms with E-state index in [9.17, 15) is 9.59 Å². The fraction of sp³-hybridized carbons (Fsp3) is 0.455. The number of carbonyl (C=O) groups excluding carboxylic acids is 1. The van der Waals surface area contributed by atoms with E-state index in [2.05, 4.69) is 15.0 Å². The lowest BCUT2D eigenvalue weighted by Gasteiger charge is -2.18. The van der Waals surface area contributed by atoms with Gasteiger partial charge in [-0.1, -0.05) is 5.16 Å². The van der Waals surface area contributed by atoms with Gasteiger partial charge in [-0.25, -0.2) is 14.6 Å². The van der Waals surface area contributed by atoms with Crippen LogP contribution in [0.4, 0.5) is 0 Å². The summed E-state index contributed by atoms with van der Waals surface area (Å²) in [5.74, 6) is -1.91. The fourth-order valence-electron chi connectivity index (χ4n) is 1.05. The average molecular weight is 286 g/mol. The highest BCUT2D eigenvalue weighted by Gasteiger charge is 2.18. The van der Waals surface area contributed by atoms with Crippen LogP contribution in [0, 0.1) is 0 Å². The molecule has 0 amide bonds. The minimum absolute atomic E-state index is 0.182. The van der Waals surface area contributed by atoms with Gasteiger partial charge in [0.25, 0.3) is 0 Å². The van der Waals surface area contributed by atoms with Gasteiger partial charge in [0.05, 0.1) is 5.51 Å². The lowest BCUT2D eigenvalue weighted by molar-refractivity contribution is -0.160. The Balaban J connectivity index is 2.59. The van der Waals surface area contributed by atoms with Crippen molar-refractivity contribution >= 4 is 29.0 Å². The maximum absolute atomic E-state index is 11.3. The summed E-state index contributed by atoms with van der Waals surface area (Å²) in [5.41, 5.74) is 0.669. The van der Waals surface area contributed by atoms with E-state index in [0.29, 0.717) is 0 Å². The highest BCUT2D eigenvalue weighted by atomic mass is 32.1. The predicted molar refractivity (Wildman–Crippen MR) is 68.1 cm³/mol. The summed E-state index contributed by atoms with van der Waals surface area (Å²) < 4.78 is 4.98. The van der Waals surface area contributed by atoms with E-state index >= 15 is 0 Å². The van der Waals surface area contributed by atoms with Crippen LogP contribution in [0.2, 0.25) is 0 Å². The molecule has 7 nitrogen and oxygen atoms in total. The number of aliphatic carboxylic acids is 1. The van der Waals surface area contributed by atoms with Gasteiger partial charge in [0, 0.05) is 5.38 Å². The summed E-state index contributed by atoms with van der Waals surface area (Å²) in [5, 5.41) is 13.8. The number of hydrogen-bond acceptors (Lipinski definition) is 7. The van der Waals surface area contributed by atoms with Crippen LogP contribution in [0.5, 0.6) is 0 Å². The van der Waals surface area contributed by atoms with Crippen molar-refractivity contribution in [2.24, 2.45) is 5.16 Å². The van der Waals surface area contributed by atoms with Crippen molar-refractivity contribution in [1.29, 1.82) is 0 Å². The molecule has 0 radical (unpaired) electrons. The van der Waals surface area contributed by atoms with Crippen molar-refractivity contribution in [2.45, 2.75) is 26.4 Å². The minimum Gasteiger partial charge on any atom is -0.476 e. The number of aromatic nitrogens is 1. The zero-order valence-corrected chi connectivity index (χ0v) is 11.6. The van der Waals surface area contributed by atoms with Crippen molar-refractivity contribution in [3.63, 3.8) is 0 Å².